The number of aromatic nitrogens is 2. The van der Waals surface area contributed by atoms with Crippen molar-refractivity contribution in [2.24, 2.45) is 0 Å². The van der Waals surface area contributed by atoms with Gasteiger partial charge in [-0.25, -0.2) is 4.39 Å². The van der Waals surface area contributed by atoms with Crippen LogP contribution in [0, 0.1) is 5.82 Å². The van der Waals surface area contributed by atoms with Crippen LogP contribution in [0.3, 0.4) is 0 Å². The van der Waals surface area contributed by atoms with Gasteiger partial charge in [-0.15, -0.1) is 0 Å². The molecular formula is C23H27FN4O. The molecule has 1 aromatic heterocycles. The van der Waals surface area contributed by atoms with Crippen molar-refractivity contribution in [2.75, 3.05) is 25.5 Å². The molecule has 6 heteroatoms. The minimum absolute atomic E-state index is 0.203. The Balaban J connectivity index is 1.40. The number of ether oxygens (including phenoxy) is 1. The van der Waals surface area contributed by atoms with Gasteiger partial charge in [-0.3, -0.25) is 9.58 Å². The van der Waals surface area contributed by atoms with Gasteiger partial charge >= 0.3 is 0 Å². The molecule has 1 atom stereocenters. The summed E-state index contributed by atoms with van der Waals surface area (Å²) in [4.78, 5) is 2.48. The van der Waals surface area contributed by atoms with Crippen LogP contribution in [-0.2, 0) is 13.1 Å². The molecule has 0 aliphatic carbocycles. The van der Waals surface area contributed by atoms with Crippen molar-refractivity contribution < 1.29 is 9.13 Å². The van der Waals surface area contributed by atoms with Crippen molar-refractivity contribution in [2.45, 2.75) is 32.0 Å². The van der Waals surface area contributed by atoms with Crippen molar-refractivity contribution >= 4 is 5.69 Å². The Labute approximate surface area is 171 Å². The zero-order chi connectivity index (χ0) is 20.1. The maximum Gasteiger partial charge on any atom is 0.123 e. The van der Waals surface area contributed by atoms with Gasteiger partial charge in [0.2, 0.25) is 0 Å². The normalized spacial score (nSPS) is 17.2. The largest absolute Gasteiger partial charge is 0.496 e. The van der Waals surface area contributed by atoms with Crippen molar-refractivity contribution in [3.05, 3.63) is 77.9 Å². The van der Waals surface area contributed by atoms with Gasteiger partial charge in [0, 0.05) is 42.8 Å². The van der Waals surface area contributed by atoms with E-state index in [1.807, 2.05) is 23.0 Å². The first-order valence-electron chi connectivity index (χ1n) is 10.1. The summed E-state index contributed by atoms with van der Waals surface area (Å²) in [6, 6.07) is 15.3. The molecule has 1 saturated heterocycles. The highest BCUT2D eigenvalue weighted by Crippen LogP contribution is 2.23. The highest BCUT2D eigenvalue weighted by molar-refractivity contribution is 5.44. The molecule has 1 N–H and O–H groups in total. The summed E-state index contributed by atoms with van der Waals surface area (Å²) in [5.74, 6) is 0.685. The van der Waals surface area contributed by atoms with Gasteiger partial charge in [-0.1, -0.05) is 6.07 Å². The standard InChI is InChI=1S/C23H27FN4O/c1-29-23-10-5-18(14-19(23)16-28-13-3-11-25-28)15-27-12-2-4-22(17-27)26-21-8-6-20(24)7-9-21/h3,5-11,13-14,22,26H,2,4,12,15-17H2,1H3/t22-/m1/s1. The minimum Gasteiger partial charge on any atom is -0.496 e. The van der Waals surface area contributed by atoms with E-state index in [0.717, 1.165) is 49.5 Å². The first kappa shape index (κ1) is 19.5. The molecule has 0 saturated carbocycles. The second-order valence-electron chi connectivity index (χ2n) is 7.58. The lowest BCUT2D eigenvalue weighted by Gasteiger charge is -2.33. The lowest BCUT2D eigenvalue weighted by Crippen LogP contribution is -2.41. The number of hydrogen-bond acceptors (Lipinski definition) is 4. The van der Waals surface area contributed by atoms with Crippen molar-refractivity contribution in [1.82, 2.24) is 14.7 Å². The molecule has 4 rings (SSSR count). The SMILES string of the molecule is COc1ccc(CN2CCC[C@@H](Nc3ccc(F)cc3)C2)cc1Cn1cccn1. The number of likely N-dealkylation sites (tertiary alicyclic amines) is 1. The van der Waals surface area contributed by atoms with Crippen LogP contribution in [0.15, 0.2) is 60.9 Å². The highest BCUT2D eigenvalue weighted by atomic mass is 19.1. The maximum atomic E-state index is 13.1. The molecule has 3 aromatic rings. The Kier molecular flexibility index (Phi) is 6.10. The Hall–Kier alpha value is -2.86. The number of halogens is 1. The molecule has 1 aliphatic rings. The van der Waals surface area contributed by atoms with Gasteiger partial charge in [0.05, 0.1) is 13.7 Å². The first-order chi connectivity index (χ1) is 14.2. The van der Waals surface area contributed by atoms with E-state index in [1.165, 1.54) is 17.7 Å². The predicted molar refractivity (Wildman–Crippen MR) is 113 cm³/mol. The fourth-order valence-electron chi connectivity index (χ4n) is 3.98. The zero-order valence-corrected chi connectivity index (χ0v) is 16.7. The third-order valence-corrected chi connectivity index (χ3v) is 5.36. The summed E-state index contributed by atoms with van der Waals surface area (Å²) < 4.78 is 20.6. The number of hydrogen-bond donors (Lipinski definition) is 1. The number of nitrogens with zero attached hydrogens (tertiary/aromatic N) is 3. The molecule has 5 nitrogen and oxygen atoms in total. The molecule has 0 spiro atoms. The molecular weight excluding hydrogens is 367 g/mol. The van der Waals surface area contributed by atoms with Gasteiger partial charge in [0.1, 0.15) is 11.6 Å². The minimum atomic E-state index is -0.203. The van der Waals surface area contributed by atoms with Gasteiger partial charge in [-0.2, -0.15) is 5.10 Å². The summed E-state index contributed by atoms with van der Waals surface area (Å²) in [6.45, 7) is 3.65. The van der Waals surface area contributed by atoms with Crippen molar-refractivity contribution in [3.63, 3.8) is 0 Å². The van der Waals surface area contributed by atoms with Crippen LogP contribution in [0.5, 0.6) is 5.75 Å². The smallest absolute Gasteiger partial charge is 0.123 e. The molecule has 1 fully saturated rings. The van der Waals surface area contributed by atoms with Crippen LogP contribution >= 0.6 is 0 Å². The van der Waals surface area contributed by atoms with Crippen LogP contribution < -0.4 is 10.1 Å². The summed E-state index contributed by atoms with van der Waals surface area (Å²) in [5.41, 5.74) is 3.38. The van der Waals surface area contributed by atoms with E-state index in [0.29, 0.717) is 12.6 Å². The molecule has 0 unspecified atom stereocenters. The summed E-state index contributed by atoms with van der Waals surface area (Å²) >= 11 is 0. The number of piperidine rings is 1. The van der Waals surface area contributed by atoms with E-state index in [4.69, 9.17) is 4.74 Å². The fraction of sp³-hybridized carbons (Fsp3) is 0.348. The van der Waals surface area contributed by atoms with Crippen LogP contribution in [0.4, 0.5) is 10.1 Å². The third kappa shape index (κ3) is 5.15. The molecule has 0 radical (unpaired) electrons. The zero-order valence-electron chi connectivity index (χ0n) is 16.7. The van der Waals surface area contributed by atoms with E-state index in [-0.39, 0.29) is 5.82 Å². The van der Waals surface area contributed by atoms with Crippen molar-refractivity contribution in [1.29, 1.82) is 0 Å². The Morgan fingerprint density at radius 1 is 1.17 bits per heavy atom. The monoisotopic (exact) mass is 394 g/mol. The quantitative estimate of drug-likeness (QED) is 0.654. The summed E-state index contributed by atoms with van der Waals surface area (Å²) in [7, 11) is 1.71. The highest BCUT2D eigenvalue weighted by Gasteiger charge is 2.20. The maximum absolute atomic E-state index is 13.1. The molecule has 2 heterocycles. The Morgan fingerprint density at radius 2 is 2.03 bits per heavy atom. The topological polar surface area (TPSA) is 42.3 Å². The molecule has 0 bridgehead atoms. The van der Waals surface area contributed by atoms with Gasteiger partial charge < -0.3 is 10.1 Å². The van der Waals surface area contributed by atoms with Crippen LogP contribution in [0.2, 0.25) is 0 Å². The van der Waals surface area contributed by atoms with Crippen LogP contribution in [0.1, 0.15) is 24.0 Å². The summed E-state index contributed by atoms with van der Waals surface area (Å²) in [5, 5.41) is 7.85. The van der Waals surface area contributed by atoms with Crippen molar-refractivity contribution in [3.8, 4) is 5.75 Å². The lowest BCUT2D eigenvalue weighted by molar-refractivity contribution is 0.208. The fourth-order valence-corrected chi connectivity index (χ4v) is 3.98. The third-order valence-electron chi connectivity index (χ3n) is 5.36. The van der Waals surface area contributed by atoms with Crippen LogP contribution in [0.25, 0.3) is 0 Å². The van der Waals surface area contributed by atoms with Gasteiger partial charge in [-0.05, 0) is 67.4 Å². The Bertz CT molecular complexity index is 911. The molecule has 0 amide bonds. The molecule has 1 aliphatic heterocycles. The second-order valence-corrected chi connectivity index (χ2v) is 7.58. The number of benzene rings is 2. The van der Waals surface area contributed by atoms with E-state index < -0.39 is 0 Å². The van der Waals surface area contributed by atoms with Gasteiger partial charge in [0.25, 0.3) is 0 Å². The van der Waals surface area contributed by atoms with E-state index in [2.05, 4.69) is 27.4 Å². The van der Waals surface area contributed by atoms with E-state index >= 15 is 0 Å². The van der Waals surface area contributed by atoms with Crippen LogP contribution in [-0.4, -0.2) is 40.9 Å². The molecule has 2 aromatic carbocycles. The number of nitrogens with one attached hydrogen (secondary N) is 1. The number of methoxy groups -OCH3 is 1. The number of anilines is 1. The van der Waals surface area contributed by atoms with E-state index in [9.17, 15) is 4.39 Å². The summed E-state index contributed by atoms with van der Waals surface area (Å²) in [6.07, 6.45) is 6.02. The molecule has 152 valence electrons. The molecule has 29 heavy (non-hydrogen) atoms. The second kappa shape index (κ2) is 9.09. The number of rotatable bonds is 7. The lowest BCUT2D eigenvalue weighted by atomic mass is 10.0. The van der Waals surface area contributed by atoms with Gasteiger partial charge in [0.15, 0.2) is 0 Å². The first-order valence-corrected chi connectivity index (χ1v) is 10.1. The predicted octanol–water partition coefficient (Wildman–Crippen LogP) is 4.16. The average Bonchev–Trinajstić information content (AvgIpc) is 3.23. The average molecular weight is 394 g/mol. The Morgan fingerprint density at radius 3 is 2.79 bits per heavy atom. The van der Waals surface area contributed by atoms with E-state index in [1.54, 1.807) is 25.4 Å².